The van der Waals surface area contributed by atoms with Gasteiger partial charge in [-0.2, -0.15) is 0 Å². The first-order valence-corrected chi connectivity index (χ1v) is 7.31. The maximum Gasteiger partial charge on any atom is 0.337 e. The number of esters is 1. The average molecular weight is 316 g/mol. The Kier molecular flexibility index (Phi) is 4.83. The number of hydrogen-bond acceptors (Lipinski definition) is 5. The van der Waals surface area contributed by atoms with Crippen molar-refractivity contribution in [3.05, 3.63) is 46.3 Å². The minimum absolute atomic E-state index is 0.0553. The highest BCUT2D eigenvalue weighted by molar-refractivity contribution is 6.06. The van der Waals surface area contributed by atoms with Crippen LogP contribution in [-0.2, 0) is 4.74 Å². The van der Waals surface area contributed by atoms with E-state index in [1.165, 1.54) is 7.11 Å². The van der Waals surface area contributed by atoms with Crippen LogP contribution in [0, 0.1) is 13.8 Å². The topological polar surface area (TPSA) is 81.4 Å². The Hall–Kier alpha value is -2.63. The lowest BCUT2D eigenvalue weighted by atomic mass is 10.0. The minimum atomic E-state index is -0.414. The summed E-state index contributed by atoms with van der Waals surface area (Å²) in [5, 5.41) is 6.72. The molecule has 0 aliphatic heterocycles. The Balaban J connectivity index is 2.28. The number of carbonyl (C=O) groups is 2. The largest absolute Gasteiger partial charge is 0.465 e. The SMILES string of the molecule is COC(=O)c1ccc(NC(=O)c2c(C)noc2C(C)C)c(C)c1. The van der Waals surface area contributed by atoms with Crippen molar-refractivity contribution in [2.75, 3.05) is 12.4 Å². The third kappa shape index (κ3) is 3.41. The molecule has 1 heterocycles. The molecule has 1 amide bonds. The van der Waals surface area contributed by atoms with E-state index < -0.39 is 5.97 Å². The van der Waals surface area contributed by atoms with Crippen molar-refractivity contribution in [3.8, 4) is 0 Å². The fraction of sp³-hybridized carbons (Fsp3) is 0.353. The second-order valence-electron chi connectivity index (χ2n) is 5.64. The van der Waals surface area contributed by atoms with Gasteiger partial charge in [-0.1, -0.05) is 19.0 Å². The maximum atomic E-state index is 12.5. The van der Waals surface area contributed by atoms with Crippen LogP contribution in [-0.4, -0.2) is 24.1 Å². The maximum absolute atomic E-state index is 12.5. The average Bonchev–Trinajstić information content (AvgIpc) is 2.90. The number of aromatic nitrogens is 1. The van der Waals surface area contributed by atoms with Gasteiger partial charge in [0.15, 0.2) is 5.76 Å². The monoisotopic (exact) mass is 316 g/mol. The molecule has 0 saturated carbocycles. The molecular formula is C17H20N2O4. The van der Waals surface area contributed by atoms with Crippen molar-refractivity contribution in [3.63, 3.8) is 0 Å². The van der Waals surface area contributed by atoms with Crippen LogP contribution in [0.4, 0.5) is 5.69 Å². The lowest BCUT2D eigenvalue weighted by Gasteiger charge is -2.10. The van der Waals surface area contributed by atoms with E-state index in [0.717, 1.165) is 5.56 Å². The number of nitrogens with zero attached hydrogens (tertiary/aromatic N) is 1. The summed E-state index contributed by atoms with van der Waals surface area (Å²) in [5.74, 6) is -0.0760. The summed E-state index contributed by atoms with van der Waals surface area (Å²) in [6.07, 6.45) is 0. The summed E-state index contributed by atoms with van der Waals surface area (Å²) >= 11 is 0. The third-order valence-corrected chi connectivity index (χ3v) is 3.54. The molecule has 0 atom stereocenters. The smallest absolute Gasteiger partial charge is 0.337 e. The van der Waals surface area contributed by atoms with Gasteiger partial charge < -0.3 is 14.6 Å². The van der Waals surface area contributed by atoms with Gasteiger partial charge in [0.05, 0.1) is 18.4 Å². The molecule has 1 N–H and O–H groups in total. The first kappa shape index (κ1) is 16.7. The first-order valence-electron chi connectivity index (χ1n) is 7.31. The molecule has 0 spiro atoms. The van der Waals surface area contributed by atoms with Crippen molar-refractivity contribution in [2.45, 2.75) is 33.6 Å². The summed E-state index contributed by atoms with van der Waals surface area (Å²) < 4.78 is 9.92. The van der Waals surface area contributed by atoms with E-state index in [1.807, 2.05) is 20.8 Å². The predicted octanol–water partition coefficient (Wildman–Crippen LogP) is 3.45. The summed E-state index contributed by atoms with van der Waals surface area (Å²) in [5.41, 5.74) is 2.83. The van der Waals surface area contributed by atoms with Gasteiger partial charge >= 0.3 is 5.97 Å². The molecule has 2 rings (SSSR count). The van der Waals surface area contributed by atoms with Gasteiger partial charge in [-0.05, 0) is 37.6 Å². The number of hydrogen-bond donors (Lipinski definition) is 1. The Morgan fingerprint density at radius 1 is 1.26 bits per heavy atom. The normalized spacial score (nSPS) is 10.7. The van der Waals surface area contributed by atoms with Crippen LogP contribution in [0.25, 0.3) is 0 Å². The second-order valence-corrected chi connectivity index (χ2v) is 5.64. The molecule has 0 fully saturated rings. The summed E-state index contributed by atoms with van der Waals surface area (Å²) in [7, 11) is 1.33. The molecule has 0 unspecified atom stereocenters. The first-order chi connectivity index (χ1) is 10.8. The van der Waals surface area contributed by atoms with E-state index in [1.54, 1.807) is 25.1 Å². The number of amides is 1. The lowest BCUT2D eigenvalue weighted by Crippen LogP contribution is -2.16. The zero-order valence-electron chi connectivity index (χ0n) is 13.9. The Morgan fingerprint density at radius 2 is 1.96 bits per heavy atom. The number of anilines is 1. The molecule has 6 nitrogen and oxygen atoms in total. The highest BCUT2D eigenvalue weighted by Crippen LogP contribution is 2.24. The van der Waals surface area contributed by atoms with E-state index in [2.05, 4.69) is 15.2 Å². The van der Waals surface area contributed by atoms with Crippen LogP contribution in [0.5, 0.6) is 0 Å². The van der Waals surface area contributed by atoms with Crippen molar-refractivity contribution in [2.24, 2.45) is 0 Å². The molecule has 0 saturated heterocycles. The number of rotatable bonds is 4. The van der Waals surface area contributed by atoms with Gasteiger partial charge in [-0.15, -0.1) is 0 Å². The van der Waals surface area contributed by atoms with Crippen molar-refractivity contribution < 1.29 is 18.8 Å². The van der Waals surface area contributed by atoms with Gasteiger partial charge in [0.2, 0.25) is 0 Å². The Bertz CT molecular complexity index is 747. The predicted molar refractivity (Wildman–Crippen MR) is 85.8 cm³/mol. The zero-order valence-corrected chi connectivity index (χ0v) is 13.9. The number of benzene rings is 1. The number of nitrogens with one attached hydrogen (secondary N) is 1. The summed E-state index contributed by atoms with van der Waals surface area (Å²) in [6, 6.07) is 4.96. The second kappa shape index (κ2) is 6.64. The number of aryl methyl sites for hydroxylation is 2. The van der Waals surface area contributed by atoms with Crippen LogP contribution in [0.15, 0.2) is 22.7 Å². The fourth-order valence-electron chi connectivity index (χ4n) is 2.29. The molecular weight excluding hydrogens is 296 g/mol. The highest BCUT2D eigenvalue weighted by Gasteiger charge is 2.23. The molecule has 122 valence electrons. The third-order valence-electron chi connectivity index (χ3n) is 3.54. The molecule has 0 aliphatic rings. The van der Waals surface area contributed by atoms with Gasteiger partial charge in [0, 0.05) is 11.6 Å². The van der Waals surface area contributed by atoms with Crippen molar-refractivity contribution >= 4 is 17.6 Å². The van der Waals surface area contributed by atoms with Crippen LogP contribution in [0.1, 0.15) is 57.5 Å². The molecule has 1 aromatic heterocycles. The molecule has 6 heteroatoms. The van der Waals surface area contributed by atoms with Crippen molar-refractivity contribution in [1.29, 1.82) is 0 Å². The Morgan fingerprint density at radius 3 is 2.52 bits per heavy atom. The van der Waals surface area contributed by atoms with E-state index in [4.69, 9.17) is 4.52 Å². The number of ether oxygens (including phenoxy) is 1. The summed E-state index contributed by atoms with van der Waals surface area (Å²) in [4.78, 5) is 24.1. The van der Waals surface area contributed by atoms with E-state index in [9.17, 15) is 9.59 Å². The van der Waals surface area contributed by atoms with Crippen LogP contribution >= 0.6 is 0 Å². The fourth-order valence-corrected chi connectivity index (χ4v) is 2.29. The van der Waals surface area contributed by atoms with Gasteiger partial charge in [0.25, 0.3) is 5.91 Å². The van der Waals surface area contributed by atoms with E-state index in [0.29, 0.717) is 28.3 Å². The van der Waals surface area contributed by atoms with Crippen LogP contribution in [0.3, 0.4) is 0 Å². The molecule has 0 radical (unpaired) electrons. The number of methoxy groups -OCH3 is 1. The van der Waals surface area contributed by atoms with Gasteiger partial charge in [-0.25, -0.2) is 4.79 Å². The molecule has 2 aromatic rings. The molecule has 1 aromatic carbocycles. The van der Waals surface area contributed by atoms with Crippen molar-refractivity contribution in [1.82, 2.24) is 5.16 Å². The van der Waals surface area contributed by atoms with E-state index in [-0.39, 0.29) is 11.8 Å². The zero-order chi connectivity index (χ0) is 17.1. The minimum Gasteiger partial charge on any atom is -0.465 e. The quantitative estimate of drug-likeness (QED) is 0.874. The van der Waals surface area contributed by atoms with Gasteiger partial charge in [-0.3, -0.25) is 4.79 Å². The van der Waals surface area contributed by atoms with Gasteiger partial charge in [0.1, 0.15) is 5.56 Å². The van der Waals surface area contributed by atoms with Crippen LogP contribution < -0.4 is 5.32 Å². The number of carbonyl (C=O) groups excluding carboxylic acids is 2. The van der Waals surface area contributed by atoms with Crippen LogP contribution in [0.2, 0.25) is 0 Å². The van der Waals surface area contributed by atoms with E-state index >= 15 is 0 Å². The highest BCUT2D eigenvalue weighted by atomic mass is 16.5. The molecule has 0 aliphatic carbocycles. The standard InChI is InChI=1S/C17H20N2O4/c1-9(2)15-14(11(4)19-23-15)16(20)18-13-7-6-12(8-10(13)3)17(21)22-5/h6-9H,1-5H3,(H,18,20). The summed E-state index contributed by atoms with van der Waals surface area (Å²) in [6.45, 7) is 7.42. The lowest BCUT2D eigenvalue weighted by molar-refractivity contribution is 0.0600. The Labute approximate surface area is 134 Å². The molecule has 0 bridgehead atoms. The molecule has 23 heavy (non-hydrogen) atoms.